The van der Waals surface area contributed by atoms with Crippen molar-refractivity contribution in [2.75, 3.05) is 6.61 Å². The third-order valence-electron chi connectivity index (χ3n) is 3.71. The summed E-state index contributed by atoms with van der Waals surface area (Å²) in [5, 5.41) is 28.8. The molecule has 0 spiro atoms. The van der Waals surface area contributed by atoms with Crippen LogP contribution in [0.1, 0.15) is 18.4 Å². The number of ether oxygens (including phenoxy) is 1. The van der Waals surface area contributed by atoms with E-state index in [2.05, 4.69) is 0 Å². The van der Waals surface area contributed by atoms with Crippen molar-refractivity contribution in [1.29, 1.82) is 0 Å². The quantitative estimate of drug-likeness (QED) is 0.723. The summed E-state index contributed by atoms with van der Waals surface area (Å²) in [5.41, 5.74) is -0.817. The molecular formula is C16H19F3O4. The monoisotopic (exact) mass is 332 g/mol. The molecule has 0 aliphatic heterocycles. The molecule has 0 aromatic heterocycles. The highest BCUT2D eigenvalue weighted by Crippen LogP contribution is 2.31. The highest BCUT2D eigenvalue weighted by Gasteiger charge is 2.31. The number of benzene rings is 1. The molecule has 1 aromatic rings. The van der Waals surface area contributed by atoms with E-state index in [4.69, 9.17) is 4.74 Å². The minimum Gasteiger partial charge on any atom is -0.491 e. The molecule has 0 heterocycles. The van der Waals surface area contributed by atoms with E-state index in [-0.39, 0.29) is 18.3 Å². The van der Waals surface area contributed by atoms with Gasteiger partial charge in [0.25, 0.3) is 0 Å². The fourth-order valence-corrected chi connectivity index (χ4v) is 2.50. The van der Waals surface area contributed by atoms with Crippen LogP contribution in [-0.4, -0.2) is 40.2 Å². The lowest BCUT2D eigenvalue weighted by atomic mass is 10.0. The van der Waals surface area contributed by atoms with Crippen LogP contribution in [0.5, 0.6) is 5.75 Å². The number of aliphatic hydroxyl groups is 3. The number of hydrogen-bond donors (Lipinski definition) is 3. The van der Waals surface area contributed by atoms with Crippen molar-refractivity contribution in [3.05, 3.63) is 42.0 Å². The summed E-state index contributed by atoms with van der Waals surface area (Å²) in [4.78, 5) is 0. The van der Waals surface area contributed by atoms with Gasteiger partial charge in [-0.15, -0.1) is 0 Å². The van der Waals surface area contributed by atoms with Gasteiger partial charge in [0.15, 0.2) is 0 Å². The molecule has 0 saturated heterocycles. The molecule has 23 heavy (non-hydrogen) atoms. The molecule has 0 radical (unpaired) electrons. The zero-order chi connectivity index (χ0) is 17.0. The molecule has 1 saturated carbocycles. The maximum atomic E-state index is 12.6. The van der Waals surface area contributed by atoms with Crippen LogP contribution in [0.2, 0.25) is 0 Å². The number of aliphatic hydroxyl groups excluding tert-OH is 3. The minimum absolute atomic E-state index is 0.0172. The molecule has 3 N–H and O–H groups in total. The van der Waals surface area contributed by atoms with Crippen LogP contribution in [0.4, 0.5) is 13.2 Å². The lowest BCUT2D eigenvalue weighted by molar-refractivity contribution is -0.137. The fraction of sp³-hybridized carbons (Fsp3) is 0.500. The van der Waals surface area contributed by atoms with Crippen LogP contribution in [0.25, 0.3) is 0 Å². The van der Waals surface area contributed by atoms with Crippen LogP contribution in [0.3, 0.4) is 0 Å². The molecule has 1 aromatic carbocycles. The lowest BCUT2D eigenvalue weighted by Gasteiger charge is -2.13. The first-order valence-corrected chi connectivity index (χ1v) is 7.28. The van der Waals surface area contributed by atoms with Crippen molar-refractivity contribution < 1.29 is 33.2 Å². The van der Waals surface area contributed by atoms with E-state index in [0.29, 0.717) is 12.8 Å². The van der Waals surface area contributed by atoms with Gasteiger partial charge in [-0.1, -0.05) is 18.2 Å². The summed E-state index contributed by atoms with van der Waals surface area (Å²) in [7, 11) is 0. The lowest BCUT2D eigenvalue weighted by Crippen LogP contribution is -2.17. The number of rotatable bonds is 5. The molecule has 4 nitrogen and oxygen atoms in total. The molecule has 1 aliphatic carbocycles. The minimum atomic E-state index is -4.45. The maximum Gasteiger partial charge on any atom is 0.416 e. The molecule has 0 bridgehead atoms. The van der Waals surface area contributed by atoms with Gasteiger partial charge < -0.3 is 20.1 Å². The second-order valence-electron chi connectivity index (χ2n) is 5.65. The molecule has 2 rings (SSSR count). The Morgan fingerprint density at radius 1 is 1.26 bits per heavy atom. The maximum absolute atomic E-state index is 12.6. The van der Waals surface area contributed by atoms with E-state index in [1.807, 2.05) is 0 Å². The standard InChI is InChI=1S/C16H19F3O4/c17-16(18,19)11-2-1-3-14(7-11)23-9-12(20)5-4-10-6-13(21)8-15(10)22/h1-5,7,10,12-13,15,20-22H,6,8-9H2/b5-4+/t10?,12-,13-,15-/m1/s1. The average molecular weight is 332 g/mol. The smallest absolute Gasteiger partial charge is 0.416 e. The van der Waals surface area contributed by atoms with Crippen LogP contribution in [0, 0.1) is 5.92 Å². The molecule has 128 valence electrons. The Labute approximate surface area is 131 Å². The van der Waals surface area contributed by atoms with Gasteiger partial charge in [0.05, 0.1) is 17.8 Å². The predicted molar refractivity (Wildman–Crippen MR) is 76.8 cm³/mol. The first-order chi connectivity index (χ1) is 10.8. The van der Waals surface area contributed by atoms with E-state index in [1.54, 1.807) is 6.08 Å². The van der Waals surface area contributed by atoms with Gasteiger partial charge in [0, 0.05) is 5.92 Å². The van der Waals surface area contributed by atoms with E-state index in [1.165, 1.54) is 18.2 Å². The van der Waals surface area contributed by atoms with E-state index in [9.17, 15) is 28.5 Å². The van der Waals surface area contributed by atoms with Gasteiger partial charge in [-0.05, 0) is 31.0 Å². The van der Waals surface area contributed by atoms with Gasteiger partial charge in [0.2, 0.25) is 0 Å². The van der Waals surface area contributed by atoms with E-state index in [0.717, 1.165) is 12.1 Å². The van der Waals surface area contributed by atoms with Crippen molar-refractivity contribution in [3.8, 4) is 5.75 Å². The Morgan fingerprint density at radius 2 is 2.00 bits per heavy atom. The Bertz CT molecular complexity index is 544. The highest BCUT2D eigenvalue weighted by atomic mass is 19.4. The molecule has 1 fully saturated rings. The second kappa shape index (κ2) is 7.33. The third-order valence-corrected chi connectivity index (χ3v) is 3.71. The summed E-state index contributed by atoms with van der Waals surface area (Å²) in [6, 6.07) is 4.42. The topological polar surface area (TPSA) is 69.9 Å². The zero-order valence-corrected chi connectivity index (χ0v) is 12.3. The Balaban J connectivity index is 1.86. The van der Waals surface area contributed by atoms with Gasteiger partial charge in [-0.2, -0.15) is 13.2 Å². The summed E-state index contributed by atoms with van der Waals surface area (Å²) >= 11 is 0. The van der Waals surface area contributed by atoms with E-state index >= 15 is 0 Å². The van der Waals surface area contributed by atoms with Crippen LogP contribution in [-0.2, 0) is 6.18 Å². The van der Waals surface area contributed by atoms with Crippen molar-refractivity contribution in [2.24, 2.45) is 5.92 Å². The predicted octanol–water partition coefficient (Wildman–Crippen LogP) is 2.13. The molecule has 0 amide bonds. The largest absolute Gasteiger partial charge is 0.491 e. The second-order valence-corrected chi connectivity index (χ2v) is 5.65. The third kappa shape index (κ3) is 5.23. The SMILES string of the molecule is O[C@@H]1CC(/C=C/[C@@H](O)COc2cccc(C(F)(F)F)c2)[C@H](O)C1. The summed E-state index contributed by atoms with van der Waals surface area (Å²) in [6.07, 6.45) is -2.95. The van der Waals surface area contributed by atoms with Gasteiger partial charge >= 0.3 is 6.18 Å². The van der Waals surface area contributed by atoms with Crippen LogP contribution >= 0.6 is 0 Å². The molecular weight excluding hydrogens is 313 g/mol. The zero-order valence-electron chi connectivity index (χ0n) is 12.3. The van der Waals surface area contributed by atoms with Gasteiger partial charge in [-0.25, -0.2) is 0 Å². The summed E-state index contributed by atoms with van der Waals surface area (Å²) < 4.78 is 42.9. The van der Waals surface area contributed by atoms with Crippen molar-refractivity contribution in [2.45, 2.75) is 37.3 Å². The van der Waals surface area contributed by atoms with E-state index < -0.39 is 30.1 Å². The normalized spacial score (nSPS) is 26.6. The Morgan fingerprint density at radius 3 is 2.61 bits per heavy atom. The number of alkyl halides is 3. The Kier molecular flexibility index (Phi) is 5.67. The average Bonchev–Trinajstić information content (AvgIpc) is 2.80. The van der Waals surface area contributed by atoms with Crippen molar-refractivity contribution in [1.82, 2.24) is 0 Å². The van der Waals surface area contributed by atoms with Crippen LogP contribution in [0.15, 0.2) is 36.4 Å². The molecule has 7 heteroatoms. The molecule has 1 unspecified atom stereocenters. The summed E-state index contributed by atoms with van der Waals surface area (Å²) in [6.45, 7) is -0.205. The van der Waals surface area contributed by atoms with Crippen molar-refractivity contribution >= 4 is 0 Å². The molecule has 4 atom stereocenters. The fourth-order valence-electron chi connectivity index (χ4n) is 2.50. The van der Waals surface area contributed by atoms with Crippen molar-refractivity contribution in [3.63, 3.8) is 0 Å². The molecule has 1 aliphatic rings. The van der Waals surface area contributed by atoms with Crippen LogP contribution < -0.4 is 4.74 Å². The first kappa shape index (κ1) is 17.8. The van der Waals surface area contributed by atoms with Gasteiger partial charge in [-0.3, -0.25) is 0 Å². The highest BCUT2D eigenvalue weighted by molar-refractivity contribution is 5.30. The first-order valence-electron chi connectivity index (χ1n) is 7.28. The number of hydrogen-bond acceptors (Lipinski definition) is 4. The van der Waals surface area contributed by atoms with Gasteiger partial charge in [0.1, 0.15) is 18.5 Å². The Hall–Kier alpha value is -1.57. The number of halogens is 3. The summed E-state index contributed by atoms with van der Waals surface area (Å²) in [5.74, 6) is -0.225.